The number of carbonyl (C=O) groups excluding carboxylic acids is 1. The molecule has 1 aliphatic rings. The number of rotatable bonds is 11. The molecule has 0 spiro atoms. The highest BCUT2D eigenvalue weighted by atomic mass is 32.2. The summed E-state index contributed by atoms with van der Waals surface area (Å²) in [6.07, 6.45) is 6.00. The Morgan fingerprint density at radius 3 is 2.70 bits per heavy atom. The van der Waals surface area contributed by atoms with Crippen LogP contribution in [0.1, 0.15) is 51.5 Å². The van der Waals surface area contributed by atoms with Gasteiger partial charge in [-0.2, -0.15) is 0 Å². The highest BCUT2D eigenvalue weighted by molar-refractivity contribution is 8.01. The number of nitrogens with one attached hydrogen (secondary N) is 1. The number of aromatic nitrogens is 1. The lowest BCUT2D eigenvalue weighted by Crippen LogP contribution is -2.50. The van der Waals surface area contributed by atoms with Gasteiger partial charge < -0.3 is 14.7 Å². The Kier molecular flexibility index (Phi) is 10.0. The number of nitrogens with zero attached hydrogens (tertiary/aromatic N) is 2. The Bertz CT molecular complexity index is 885. The van der Waals surface area contributed by atoms with E-state index in [1.54, 1.807) is 6.20 Å². The van der Waals surface area contributed by atoms with Crippen LogP contribution < -0.4 is 5.32 Å². The van der Waals surface area contributed by atoms with Crippen molar-refractivity contribution in [3.8, 4) is 0 Å². The number of thiazole rings is 1. The van der Waals surface area contributed by atoms with E-state index in [9.17, 15) is 9.59 Å². The third-order valence-electron chi connectivity index (χ3n) is 5.82. The van der Waals surface area contributed by atoms with Crippen LogP contribution in [0.5, 0.6) is 0 Å². The first-order valence-electron chi connectivity index (χ1n) is 11.4. The van der Waals surface area contributed by atoms with Crippen molar-refractivity contribution in [1.29, 1.82) is 0 Å². The molecule has 0 radical (unpaired) electrons. The largest absolute Gasteiger partial charge is 0.481 e. The third-order valence-corrected chi connectivity index (χ3v) is 7.93. The molecule has 1 saturated carbocycles. The number of aliphatic carboxylic acids is 1. The average Bonchev–Trinajstić information content (AvgIpc) is 3.23. The summed E-state index contributed by atoms with van der Waals surface area (Å²) in [6.45, 7) is 5.29. The van der Waals surface area contributed by atoms with Crippen molar-refractivity contribution in [2.24, 2.45) is 5.92 Å². The highest BCUT2D eigenvalue weighted by Gasteiger charge is 2.31. The molecule has 3 rings (SSSR count). The quantitative estimate of drug-likeness (QED) is 0.390. The molecule has 0 aliphatic heterocycles. The van der Waals surface area contributed by atoms with Crippen LogP contribution in [0.4, 0.5) is 9.93 Å². The van der Waals surface area contributed by atoms with Gasteiger partial charge in [-0.3, -0.25) is 10.1 Å². The van der Waals surface area contributed by atoms with E-state index in [-0.39, 0.29) is 24.5 Å². The minimum absolute atomic E-state index is 0.0727. The Labute approximate surface area is 203 Å². The average molecular weight is 492 g/mol. The van der Waals surface area contributed by atoms with E-state index in [0.29, 0.717) is 30.0 Å². The number of hydrogen-bond acceptors (Lipinski definition) is 6. The summed E-state index contributed by atoms with van der Waals surface area (Å²) in [5.41, 5.74) is 1.11. The summed E-state index contributed by atoms with van der Waals surface area (Å²) in [4.78, 5) is 30.3. The van der Waals surface area contributed by atoms with Crippen molar-refractivity contribution in [3.63, 3.8) is 0 Å². The highest BCUT2D eigenvalue weighted by Crippen LogP contribution is 2.31. The molecule has 1 aromatic carbocycles. The predicted octanol–water partition coefficient (Wildman–Crippen LogP) is 5.73. The molecule has 2 aromatic rings. The number of amides is 2. The molecule has 9 heteroatoms. The van der Waals surface area contributed by atoms with Crippen molar-refractivity contribution in [1.82, 2.24) is 9.88 Å². The fraction of sp³-hybridized carbons (Fsp3) is 0.542. The molecule has 1 atom stereocenters. The maximum atomic E-state index is 13.3. The van der Waals surface area contributed by atoms with E-state index in [2.05, 4.69) is 17.2 Å². The van der Waals surface area contributed by atoms with Gasteiger partial charge >= 0.3 is 12.0 Å². The topological polar surface area (TPSA) is 91.8 Å². The summed E-state index contributed by atoms with van der Waals surface area (Å²) in [5.74, 6) is 0.356. The van der Waals surface area contributed by atoms with Gasteiger partial charge in [0.25, 0.3) is 0 Å². The minimum atomic E-state index is -0.818. The number of carbonyl (C=O) groups is 2. The molecule has 33 heavy (non-hydrogen) atoms. The zero-order valence-corrected chi connectivity index (χ0v) is 20.9. The molecule has 0 saturated heterocycles. The second-order valence-corrected chi connectivity index (χ2v) is 11.0. The lowest BCUT2D eigenvalue weighted by atomic mass is 9.86. The summed E-state index contributed by atoms with van der Waals surface area (Å²) in [7, 11) is 0. The Morgan fingerprint density at radius 2 is 2.00 bits per heavy atom. The number of urea groups is 1. The van der Waals surface area contributed by atoms with Gasteiger partial charge in [0.2, 0.25) is 0 Å². The molecule has 2 amide bonds. The molecule has 1 heterocycles. The van der Waals surface area contributed by atoms with Crippen molar-refractivity contribution in [2.45, 2.75) is 68.9 Å². The first kappa shape index (κ1) is 25.5. The molecular formula is C24H33N3O4S2. The Morgan fingerprint density at radius 1 is 1.27 bits per heavy atom. The van der Waals surface area contributed by atoms with E-state index in [1.165, 1.54) is 23.1 Å². The van der Waals surface area contributed by atoms with E-state index in [4.69, 9.17) is 9.84 Å². The fourth-order valence-corrected chi connectivity index (χ4v) is 5.89. The van der Waals surface area contributed by atoms with E-state index < -0.39 is 5.97 Å². The van der Waals surface area contributed by atoms with Crippen LogP contribution in [0.3, 0.4) is 0 Å². The SMILES string of the molecule is CC(COCc1ccccc1)N(C(=O)Nc1ncc(SCCC(=O)O)s1)[C@H]1CC[C@H](C)CC1. The monoisotopic (exact) mass is 491 g/mol. The van der Waals surface area contributed by atoms with Crippen LogP contribution >= 0.6 is 23.1 Å². The number of ether oxygens (including phenoxy) is 1. The molecule has 1 fully saturated rings. The normalized spacial score (nSPS) is 19.1. The van der Waals surface area contributed by atoms with Crippen LogP contribution in [0.25, 0.3) is 0 Å². The van der Waals surface area contributed by atoms with Crippen LogP contribution in [-0.4, -0.2) is 51.4 Å². The van der Waals surface area contributed by atoms with Gasteiger partial charge in [-0.05, 0) is 44.1 Å². The molecule has 1 unspecified atom stereocenters. The zero-order valence-electron chi connectivity index (χ0n) is 19.2. The Balaban J connectivity index is 1.60. The number of benzene rings is 1. The van der Waals surface area contributed by atoms with Crippen LogP contribution in [0.2, 0.25) is 0 Å². The van der Waals surface area contributed by atoms with Gasteiger partial charge in [0.1, 0.15) is 0 Å². The van der Waals surface area contributed by atoms with Gasteiger partial charge in [-0.1, -0.05) is 48.6 Å². The smallest absolute Gasteiger partial charge is 0.324 e. The van der Waals surface area contributed by atoms with Crippen molar-refractivity contribution in [3.05, 3.63) is 42.1 Å². The number of anilines is 1. The van der Waals surface area contributed by atoms with Gasteiger partial charge in [0, 0.05) is 11.8 Å². The standard InChI is InChI=1S/C24H33N3O4S2/c1-17-8-10-20(11-9-17)27(18(2)15-31-16-19-6-4-3-5-7-19)24(30)26-23-25-14-22(33-23)32-13-12-21(28)29/h3-7,14,17-18,20H,8-13,15-16H2,1-2H3,(H,28,29)(H,25,26,30)/t17-,18?,20-. The molecule has 1 aliphatic carbocycles. The van der Waals surface area contributed by atoms with Crippen LogP contribution in [0.15, 0.2) is 40.7 Å². The minimum Gasteiger partial charge on any atom is -0.481 e. The van der Waals surface area contributed by atoms with E-state index >= 15 is 0 Å². The van der Waals surface area contributed by atoms with E-state index in [0.717, 1.165) is 35.5 Å². The van der Waals surface area contributed by atoms with Gasteiger partial charge in [-0.15, -0.1) is 11.8 Å². The fourth-order valence-electron chi connectivity index (χ4n) is 4.03. The third kappa shape index (κ3) is 8.32. The second kappa shape index (κ2) is 13.0. The molecule has 2 N–H and O–H groups in total. The summed E-state index contributed by atoms with van der Waals surface area (Å²) < 4.78 is 6.85. The summed E-state index contributed by atoms with van der Waals surface area (Å²) in [6, 6.07) is 10.00. The molecule has 7 nitrogen and oxygen atoms in total. The van der Waals surface area contributed by atoms with Crippen molar-refractivity contribution >= 4 is 40.2 Å². The second-order valence-electron chi connectivity index (χ2n) is 8.58. The van der Waals surface area contributed by atoms with Crippen LogP contribution in [-0.2, 0) is 16.1 Å². The van der Waals surface area contributed by atoms with Gasteiger partial charge in [-0.25, -0.2) is 9.78 Å². The first-order valence-corrected chi connectivity index (χ1v) is 13.2. The molecular weight excluding hydrogens is 458 g/mol. The molecule has 1 aromatic heterocycles. The van der Waals surface area contributed by atoms with Crippen molar-refractivity contribution in [2.75, 3.05) is 17.7 Å². The van der Waals surface area contributed by atoms with Gasteiger partial charge in [0.05, 0.1) is 36.1 Å². The van der Waals surface area contributed by atoms with Crippen LogP contribution in [0, 0.1) is 5.92 Å². The first-order chi connectivity index (χ1) is 15.9. The summed E-state index contributed by atoms with van der Waals surface area (Å²) in [5, 5.41) is 12.3. The van der Waals surface area contributed by atoms with Crippen molar-refractivity contribution < 1.29 is 19.4 Å². The zero-order chi connectivity index (χ0) is 23.6. The number of carboxylic acids is 1. The van der Waals surface area contributed by atoms with E-state index in [1.807, 2.05) is 42.2 Å². The maximum Gasteiger partial charge on any atom is 0.324 e. The molecule has 0 bridgehead atoms. The number of thioether (sulfide) groups is 1. The Hall–Kier alpha value is -2.10. The predicted molar refractivity (Wildman–Crippen MR) is 133 cm³/mol. The number of hydrogen-bond donors (Lipinski definition) is 2. The summed E-state index contributed by atoms with van der Waals surface area (Å²) >= 11 is 2.81. The lowest BCUT2D eigenvalue weighted by Gasteiger charge is -2.39. The molecule has 180 valence electrons. The maximum absolute atomic E-state index is 13.3. The lowest BCUT2D eigenvalue weighted by molar-refractivity contribution is -0.136. The van der Waals surface area contributed by atoms with Gasteiger partial charge in [0.15, 0.2) is 5.13 Å². The number of carboxylic acid groups (broad SMARTS) is 1.